The van der Waals surface area contributed by atoms with E-state index in [-0.39, 0.29) is 11.6 Å². The molecule has 0 spiro atoms. The number of hydrogen-bond donors (Lipinski definition) is 0. The summed E-state index contributed by atoms with van der Waals surface area (Å²) in [6.45, 7) is 2.79. The van der Waals surface area contributed by atoms with Crippen LogP contribution < -0.4 is 0 Å². The molecule has 0 aromatic carbocycles. The molecule has 1 amide bonds. The second-order valence-corrected chi connectivity index (χ2v) is 8.31. The zero-order valence-corrected chi connectivity index (χ0v) is 15.7. The second kappa shape index (κ2) is 7.15. The molecule has 0 N–H and O–H groups in total. The average molecular weight is 388 g/mol. The van der Waals surface area contributed by atoms with Crippen molar-refractivity contribution in [2.24, 2.45) is 10.9 Å². The van der Waals surface area contributed by atoms with Crippen LogP contribution >= 0.6 is 23.1 Å². The Morgan fingerprint density at radius 1 is 1.44 bits per heavy atom. The Hall–Kier alpha value is -1.28. The summed E-state index contributed by atoms with van der Waals surface area (Å²) in [5.74, 6) is 1.28. The minimum Gasteiger partial charge on any atom is -0.337 e. The smallest absolute Gasteiger partial charge is 0.337 e. The van der Waals surface area contributed by atoms with Gasteiger partial charge in [0.2, 0.25) is 0 Å². The third kappa shape index (κ3) is 3.95. The van der Waals surface area contributed by atoms with Crippen LogP contribution in [0, 0.1) is 5.92 Å². The highest BCUT2D eigenvalue weighted by Gasteiger charge is 2.38. The highest BCUT2D eigenvalue weighted by atomic mass is 32.2. The van der Waals surface area contributed by atoms with Gasteiger partial charge in [0, 0.05) is 30.8 Å². The molecule has 136 valence electrons. The van der Waals surface area contributed by atoms with Crippen LogP contribution in [0.3, 0.4) is 0 Å². The van der Waals surface area contributed by atoms with Gasteiger partial charge in [-0.05, 0) is 31.7 Å². The predicted molar refractivity (Wildman–Crippen MR) is 95.9 cm³/mol. The van der Waals surface area contributed by atoms with Crippen LogP contribution in [-0.2, 0) is 0 Å². The summed E-state index contributed by atoms with van der Waals surface area (Å²) in [6.07, 6.45) is -1.13. The number of alkyl halides is 3. The van der Waals surface area contributed by atoms with Gasteiger partial charge in [0.15, 0.2) is 0 Å². The maximum Gasteiger partial charge on any atom is 0.418 e. The molecule has 1 aliphatic carbocycles. The normalized spacial score (nSPS) is 19.9. The van der Waals surface area contributed by atoms with E-state index in [1.807, 2.05) is 4.90 Å². The van der Waals surface area contributed by atoms with Crippen molar-refractivity contribution in [3.8, 4) is 0 Å². The van der Waals surface area contributed by atoms with Crippen molar-refractivity contribution in [2.45, 2.75) is 30.8 Å². The van der Waals surface area contributed by atoms with E-state index in [0.717, 1.165) is 47.4 Å². The summed E-state index contributed by atoms with van der Waals surface area (Å²) >= 11 is 2.65. The van der Waals surface area contributed by atoms with Crippen molar-refractivity contribution in [3.05, 3.63) is 27.5 Å². The van der Waals surface area contributed by atoms with Gasteiger partial charge in [0.25, 0.3) is 5.91 Å². The zero-order valence-electron chi connectivity index (χ0n) is 14.0. The van der Waals surface area contributed by atoms with Crippen molar-refractivity contribution in [2.75, 3.05) is 25.9 Å². The standard InChI is InChI=1S/C17H19F3N2OS2/c1-3-11(17(18,19)20)14(21-2)12-8-13-15(25-12)16(23)22(6-7-24-13)9-10-4-5-10/h3,8,10H,4-7,9H2,1-2H3/b11-3+,21-14?. The first-order valence-electron chi connectivity index (χ1n) is 8.12. The zero-order chi connectivity index (χ0) is 18.2. The van der Waals surface area contributed by atoms with Gasteiger partial charge in [-0.3, -0.25) is 9.79 Å². The fourth-order valence-electron chi connectivity index (χ4n) is 2.84. The number of nitrogens with zero attached hydrogens (tertiary/aromatic N) is 2. The van der Waals surface area contributed by atoms with Crippen molar-refractivity contribution in [1.82, 2.24) is 4.90 Å². The lowest BCUT2D eigenvalue weighted by molar-refractivity contribution is -0.0861. The minimum atomic E-state index is -4.47. The number of halogens is 3. The molecule has 1 fully saturated rings. The Balaban J connectivity index is 1.93. The molecular weight excluding hydrogens is 369 g/mol. The van der Waals surface area contributed by atoms with E-state index < -0.39 is 11.7 Å². The molecular formula is C17H19F3N2OS2. The first kappa shape index (κ1) is 18.5. The van der Waals surface area contributed by atoms with E-state index in [0.29, 0.717) is 22.2 Å². The fourth-order valence-corrected chi connectivity index (χ4v) is 5.24. The molecule has 2 aliphatic rings. The third-order valence-corrected chi connectivity index (χ3v) is 6.56. The Morgan fingerprint density at radius 3 is 2.72 bits per heavy atom. The van der Waals surface area contributed by atoms with Gasteiger partial charge >= 0.3 is 6.18 Å². The van der Waals surface area contributed by atoms with Gasteiger partial charge in [-0.25, -0.2) is 0 Å². The molecule has 1 aliphatic heterocycles. The fraction of sp³-hybridized carbons (Fsp3) is 0.529. The Bertz CT molecular complexity index is 733. The summed E-state index contributed by atoms with van der Waals surface area (Å²) < 4.78 is 39.8. The monoisotopic (exact) mass is 388 g/mol. The molecule has 8 heteroatoms. The lowest BCUT2D eigenvalue weighted by Crippen LogP contribution is -2.33. The maximum atomic E-state index is 13.3. The number of carbonyl (C=O) groups is 1. The number of carbonyl (C=O) groups excluding carboxylic acids is 1. The van der Waals surface area contributed by atoms with E-state index >= 15 is 0 Å². The number of hydrogen-bond acceptors (Lipinski definition) is 4. The first-order valence-corrected chi connectivity index (χ1v) is 9.92. The van der Waals surface area contributed by atoms with Crippen molar-refractivity contribution >= 4 is 34.7 Å². The second-order valence-electron chi connectivity index (χ2n) is 6.12. The van der Waals surface area contributed by atoms with Crippen LogP contribution in [0.1, 0.15) is 34.3 Å². The van der Waals surface area contributed by atoms with Crippen LogP contribution in [0.5, 0.6) is 0 Å². The van der Waals surface area contributed by atoms with Gasteiger partial charge < -0.3 is 4.90 Å². The maximum absolute atomic E-state index is 13.3. The number of allylic oxidation sites excluding steroid dienone is 2. The first-order chi connectivity index (χ1) is 11.8. The largest absolute Gasteiger partial charge is 0.418 e. The molecule has 2 heterocycles. The van der Waals surface area contributed by atoms with E-state index in [1.54, 1.807) is 6.07 Å². The number of fused-ring (bicyclic) bond motifs is 1. The third-order valence-electron chi connectivity index (χ3n) is 4.28. The van der Waals surface area contributed by atoms with E-state index in [1.165, 1.54) is 25.7 Å². The molecule has 0 radical (unpaired) electrons. The summed E-state index contributed by atoms with van der Waals surface area (Å²) in [5.41, 5.74) is -0.867. The van der Waals surface area contributed by atoms with E-state index in [9.17, 15) is 18.0 Å². The number of thiophene rings is 1. The molecule has 1 aromatic heterocycles. The average Bonchev–Trinajstić information content (AvgIpc) is 3.29. The van der Waals surface area contributed by atoms with Crippen LogP contribution in [-0.4, -0.2) is 48.6 Å². The van der Waals surface area contributed by atoms with Crippen molar-refractivity contribution in [3.63, 3.8) is 0 Å². The van der Waals surface area contributed by atoms with Crippen LogP contribution in [0.2, 0.25) is 0 Å². The summed E-state index contributed by atoms with van der Waals surface area (Å²) in [4.78, 5) is 20.2. The minimum absolute atomic E-state index is 0.0624. The lowest BCUT2D eigenvalue weighted by Gasteiger charge is -2.19. The Kier molecular flexibility index (Phi) is 5.29. The quantitative estimate of drug-likeness (QED) is 0.705. The van der Waals surface area contributed by atoms with Gasteiger partial charge in [-0.2, -0.15) is 13.2 Å². The molecule has 0 unspecified atom stereocenters. The van der Waals surface area contributed by atoms with E-state index in [4.69, 9.17) is 0 Å². The van der Waals surface area contributed by atoms with Crippen molar-refractivity contribution in [1.29, 1.82) is 0 Å². The molecule has 3 rings (SSSR count). The van der Waals surface area contributed by atoms with Gasteiger partial charge in [-0.15, -0.1) is 23.1 Å². The number of aliphatic imine (C=N–C) groups is 1. The molecule has 0 saturated heterocycles. The van der Waals surface area contributed by atoms with E-state index in [2.05, 4.69) is 4.99 Å². The van der Waals surface area contributed by atoms with Crippen molar-refractivity contribution < 1.29 is 18.0 Å². The number of amides is 1. The van der Waals surface area contributed by atoms with Gasteiger partial charge in [-0.1, -0.05) is 6.08 Å². The number of rotatable bonds is 4. The molecule has 3 nitrogen and oxygen atoms in total. The topological polar surface area (TPSA) is 32.7 Å². The molecule has 1 aromatic rings. The number of thioether (sulfide) groups is 1. The molecule has 25 heavy (non-hydrogen) atoms. The summed E-state index contributed by atoms with van der Waals surface area (Å²) in [7, 11) is 1.35. The van der Waals surface area contributed by atoms with Crippen LogP contribution in [0.4, 0.5) is 13.2 Å². The van der Waals surface area contributed by atoms with Gasteiger partial charge in [0.1, 0.15) is 4.88 Å². The Labute approximate surface area is 153 Å². The highest BCUT2D eigenvalue weighted by molar-refractivity contribution is 7.99. The molecule has 1 saturated carbocycles. The summed E-state index contributed by atoms with van der Waals surface area (Å²) in [5, 5.41) is 0. The predicted octanol–water partition coefficient (Wildman–Crippen LogP) is 4.63. The SMILES string of the molecule is C/C=C(\C(=NC)c1cc2c(s1)C(=O)N(CC1CC1)CCS2)C(F)(F)F. The Morgan fingerprint density at radius 2 is 2.16 bits per heavy atom. The van der Waals surface area contributed by atoms with Crippen LogP contribution in [0.15, 0.2) is 27.6 Å². The summed E-state index contributed by atoms with van der Waals surface area (Å²) in [6, 6.07) is 1.68. The van der Waals surface area contributed by atoms with Gasteiger partial charge in [0.05, 0.1) is 16.2 Å². The molecule has 0 atom stereocenters. The molecule has 0 bridgehead atoms. The van der Waals surface area contributed by atoms with Crippen LogP contribution in [0.25, 0.3) is 0 Å². The lowest BCUT2D eigenvalue weighted by atomic mass is 10.1. The highest BCUT2D eigenvalue weighted by Crippen LogP contribution is 2.39.